The largest absolute Gasteiger partial charge is 0.369 e. The van der Waals surface area contributed by atoms with Crippen molar-refractivity contribution >= 4 is 28.8 Å². The smallest absolute Gasteiger partial charge is 0.248 e. The van der Waals surface area contributed by atoms with Crippen LogP contribution in [0.2, 0.25) is 0 Å². The summed E-state index contributed by atoms with van der Waals surface area (Å²) in [5.41, 5.74) is 14.3. The first kappa shape index (κ1) is 17.9. The minimum Gasteiger partial charge on any atom is -0.369 e. The third-order valence-corrected chi connectivity index (χ3v) is 5.26. The SMILES string of the molecule is Cc1ccc(C(N)=O)cc1-n1cnc2c(N3CCC(C(N)=O)CC3)ncnc21. The molecule has 0 unspecified atom stereocenters. The van der Waals surface area contributed by atoms with Crippen LogP contribution in [0.5, 0.6) is 0 Å². The van der Waals surface area contributed by atoms with E-state index in [1.54, 1.807) is 18.5 Å². The molecule has 0 saturated carbocycles. The highest BCUT2D eigenvalue weighted by Crippen LogP contribution is 2.28. The number of aromatic nitrogens is 4. The van der Waals surface area contributed by atoms with Crippen LogP contribution in [0, 0.1) is 12.8 Å². The number of carbonyl (C=O) groups excluding carboxylic acids is 2. The van der Waals surface area contributed by atoms with Crippen LogP contribution in [0.1, 0.15) is 28.8 Å². The van der Waals surface area contributed by atoms with Crippen LogP contribution < -0.4 is 16.4 Å². The van der Waals surface area contributed by atoms with E-state index in [9.17, 15) is 9.59 Å². The molecule has 4 N–H and O–H groups in total. The Morgan fingerprint density at radius 3 is 2.54 bits per heavy atom. The maximum Gasteiger partial charge on any atom is 0.248 e. The first-order valence-electron chi connectivity index (χ1n) is 9.09. The predicted molar refractivity (Wildman–Crippen MR) is 104 cm³/mol. The van der Waals surface area contributed by atoms with Crippen molar-refractivity contribution in [3.63, 3.8) is 0 Å². The van der Waals surface area contributed by atoms with Crippen LogP contribution in [0.3, 0.4) is 0 Å². The minimum atomic E-state index is -0.488. The molecule has 9 heteroatoms. The van der Waals surface area contributed by atoms with E-state index in [1.165, 1.54) is 6.33 Å². The highest BCUT2D eigenvalue weighted by Gasteiger charge is 2.26. The van der Waals surface area contributed by atoms with Crippen LogP contribution in [-0.4, -0.2) is 44.4 Å². The van der Waals surface area contributed by atoms with Crippen molar-refractivity contribution in [2.75, 3.05) is 18.0 Å². The zero-order valence-electron chi connectivity index (χ0n) is 15.5. The van der Waals surface area contributed by atoms with Crippen LogP contribution in [0.4, 0.5) is 5.82 Å². The Balaban J connectivity index is 1.73. The molecular weight excluding hydrogens is 358 g/mol. The third-order valence-electron chi connectivity index (χ3n) is 5.26. The number of hydrogen-bond donors (Lipinski definition) is 2. The monoisotopic (exact) mass is 379 g/mol. The fourth-order valence-corrected chi connectivity index (χ4v) is 3.63. The maximum absolute atomic E-state index is 11.6. The number of benzene rings is 1. The number of amides is 2. The third kappa shape index (κ3) is 3.04. The molecule has 3 heterocycles. The number of hydrogen-bond acceptors (Lipinski definition) is 6. The molecule has 0 bridgehead atoms. The number of imidazole rings is 1. The van der Waals surface area contributed by atoms with Gasteiger partial charge in [0.25, 0.3) is 0 Å². The zero-order chi connectivity index (χ0) is 19.8. The number of anilines is 1. The molecular formula is C19H21N7O2. The van der Waals surface area contributed by atoms with Gasteiger partial charge < -0.3 is 16.4 Å². The molecule has 0 radical (unpaired) electrons. The van der Waals surface area contributed by atoms with Crippen molar-refractivity contribution in [3.05, 3.63) is 42.0 Å². The summed E-state index contributed by atoms with van der Waals surface area (Å²) >= 11 is 0. The second kappa shape index (κ2) is 6.91. The van der Waals surface area contributed by atoms with Crippen molar-refractivity contribution in [1.29, 1.82) is 0 Å². The minimum absolute atomic E-state index is 0.0923. The molecule has 0 spiro atoms. The number of piperidine rings is 1. The van der Waals surface area contributed by atoms with Gasteiger partial charge in [-0.25, -0.2) is 15.0 Å². The van der Waals surface area contributed by atoms with Crippen LogP contribution >= 0.6 is 0 Å². The molecule has 28 heavy (non-hydrogen) atoms. The molecule has 2 aromatic heterocycles. The normalized spacial score (nSPS) is 15.1. The van der Waals surface area contributed by atoms with Gasteiger partial charge >= 0.3 is 0 Å². The molecule has 4 rings (SSSR count). The first-order chi connectivity index (χ1) is 13.5. The van der Waals surface area contributed by atoms with Gasteiger partial charge in [-0.15, -0.1) is 0 Å². The van der Waals surface area contributed by atoms with Gasteiger partial charge in [-0.3, -0.25) is 14.2 Å². The maximum atomic E-state index is 11.6. The summed E-state index contributed by atoms with van der Waals surface area (Å²) in [6.07, 6.45) is 4.57. The van der Waals surface area contributed by atoms with Gasteiger partial charge in [-0.05, 0) is 37.5 Å². The molecule has 3 aromatic rings. The van der Waals surface area contributed by atoms with E-state index in [2.05, 4.69) is 19.9 Å². The van der Waals surface area contributed by atoms with Gasteiger partial charge in [0, 0.05) is 24.6 Å². The summed E-state index contributed by atoms with van der Waals surface area (Å²) in [6, 6.07) is 5.28. The van der Waals surface area contributed by atoms with Crippen molar-refractivity contribution in [2.24, 2.45) is 17.4 Å². The lowest BCUT2D eigenvalue weighted by Crippen LogP contribution is -2.39. The first-order valence-corrected chi connectivity index (χ1v) is 9.09. The van der Waals surface area contributed by atoms with E-state index < -0.39 is 5.91 Å². The summed E-state index contributed by atoms with van der Waals surface area (Å²) in [7, 11) is 0. The number of aryl methyl sites for hydroxylation is 1. The van der Waals surface area contributed by atoms with Crippen molar-refractivity contribution in [3.8, 4) is 5.69 Å². The number of fused-ring (bicyclic) bond motifs is 1. The second-order valence-electron chi connectivity index (χ2n) is 7.01. The van der Waals surface area contributed by atoms with Crippen LogP contribution in [-0.2, 0) is 4.79 Å². The topological polar surface area (TPSA) is 133 Å². The van der Waals surface area contributed by atoms with Gasteiger partial charge in [0.2, 0.25) is 11.8 Å². The highest BCUT2D eigenvalue weighted by molar-refractivity contribution is 5.94. The zero-order valence-corrected chi connectivity index (χ0v) is 15.5. The van der Waals surface area contributed by atoms with E-state index in [-0.39, 0.29) is 11.8 Å². The van der Waals surface area contributed by atoms with Crippen molar-refractivity contribution in [1.82, 2.24) is 19.5 Å². The van der Waals surface area contributed by atoms with Gasteiger partial charge in [0.05, 0.1) is 5.69 Å². The molecule has 1 aromatic carbocycles. The molecule has 1 saturated heterocycles. The number of nitrogens with zero attached hydrogens (tertiary/aromatic N) is 5. The average molecular weight is 379 g/mol. The number of nitrogens with two attached hydrogens (primary N) is 2. The van der Waals surface area contributed by atoms with E-state index >= 15 is 0 Å². The molecule has 2 amide bonds. The summed E-state index contributed by atoms with van der Waals surface area (Å²) in [4.78, 5) is 38.4. The molecule has 0 aliphatic carbocycles. The van der Waals surface area contributed by atoms with Gasteiger partial charge in [0.1, 0.15) is 12.7 Å². The fraction of sp³-hybridized carbons (Fsp3) is 0.316. The quantitative estimate of drug-likeness (QED) is 0.693. The lowest BCUT2D eigenvalue weighted by molar-refractivity contribution is -0.122. The van der Waals surface area contributed by atoms with Gasteiger partial charge in [-0.2, -0.15) is 0 Å². The summed E-state index contributed by atoms with van der Waals surface area (Å²) in [5, 5.41) is 0. The molecule has 1 aliphatic heterocycles. The van der Waals surface area contributed by atoms with Crippen LogP contribution in [0.25, 0.3) is 16.9 Å². The fourth-order valence-electron chi connectivity index (χ4n) is 3.63. The van der Waals surface area contributed by atoms with E-state index in [1.807, 2.05) is 17.6 Å². The molecule has 0 atom stereocenters. The summed E-state index contributed by atoms with van der Waals surface area (Å²) < 4.78 is 1.83. The molecule has 144 valence electrons. The highest BCUT2D eigenvalue weighted by atomic mass is 16.1. The Bertz CT molecular complexity index is 1070. The summed E-state index contributed by atoms with van der Waals surface area (Å²) in [6.45, 7) is 3.31. The van der Waals surface area contributed by atoms with E-state index in [0.717, 1.165) is 17.1 Å². The Hall–Kier alpha value is -3.49. The summed E-state index contributed by atoms with van der Waals surface area (Å²) in [5.74, 6) is -0.0967. The second-order valence-corrected chi connectivity index (χ2v) is 7.01. The van der Waals surface area contributed by atoms with E-state index in [4.69, 9.17) is 11.5 Å². The van der Waals surface area contributed by atoms with Gasteiger partial charge in [-0.1, -0.05) is 6.07 Å². The van der Waals surface area contributed by atoms with Crippen molar-refractivity contribution in [2.45, 2.75) is 19.8 Å². The van der Waals surface area contributed by atoms with Gasteiger partial charge in [0.15, 0.2) is 17.0 Å². The molecule has 9 nitrogen and oxygen atoms in total. The number of rotatable bonds is 4. The lowest BCUT2D eigenvalue weighted by atomic mass is 9.96. The number of carbonyl (C=O) groups is 2. The standard InChI is InChI=1S/C19H21N7O2/c1-11-2-3-13(17(21)28)8-14(11)26-10-24-15-18(22-9-23-19(15)26)25-6-4-12(5-7-25)16(20)27/h2-3,8-10,12H,4-7H2,1H3,(H2,20,27)(H2,21,28). The van der Waals surface area contributed by atoms with Crippen LogP contribution in [0.15, 0.2) is 30.9 Å². The lowest BCUT2D eigenvalue weighted by Gasteiger charge is -2.31. The Morgan fingerprint density at radius 2 is 1.86 bits per heavy atom. The number of primary amides is 2. The Morgan fingerprint density at radius 1 is 1.11 bits per heavy atom. The van der Waals surface area contributed by atoms with E-state index in [0.29, 0.717) is 42.7 Å². The Labute approximate surface area is 161 Å². The van der Waals surface area contributed by atoms with Crippen molar-refractivity contribution < 1.29 is 9.59 Å². The molecule has 1 fully saturated rings. The molecule has 1 aliphatic rings. The predicted octanol–water partition coefficient (Wildman–Crippen LogP) is 0.925. The average Bonchev–Trinajstić information content (AvgIpc) is 3.12. The Kier molecular flexibility index (Phi) is 4.42.